The van der Waals surface area contributed by atoms with E-state index in [-0.39, 0.29) is 11.5 Å². The molecule has 0 aliphatic heterocycles. The molecule has 1 aromatic rings. The van der Waals surface area contributed by atoms with E-state index < -0.39 is 23.4 Å². The Morgan fingerprint density at radius 3 is 2.40 bits per heavy atom. The number of hydrogen-bond donors (Lipinski definition) is 0. The van der Waals surface area contributed by atoms with Gasteiger partial charge in [0.2, 0.25) is 9.84 Å². The SMILES string of the molecule is CCO[P+](=O)CS(=O)(=O)c1ccccc1. The lowest BCUT2D eigenvalue weighted by Gasteiger charge is -1.96. The maximum atomic E-state index is 11.7. The van der Waals surface area contributed by atoms with E-state index in [1.54, 1.807) is 25.1 Å². The second kappa shape index (κ2) is 5.35. The summed E-state index contributed by atoms with van der Waals surface area (Å²) in [6, 6.07) is 7.93. The molecule has 0 N–H and O–H groups in total. The summed E-state index contributed by atoms with van der Waals surface area (Å²) in [6.45, 7) is 1.92. The van der Waals surface area contributed by atoms with Crippen molar-refractivity contribution in [1.82, 2.24) is 0 Å². The van der Waals surface area contributed by atoms with Crippen LogP contribution < -0.4 is 0 Å². The van der Waals surface area contributed by atoms with Gasteiger partial charge in [-0.05, 0) is 23.6 Å². The molecule has 0 heterocycles. The summed E-state index contributed by atoms with van der Waals surface area (Å²) in [5.74, 6) is 0. The van der Waals surface area contributed by atoms with E-state index in [1.807, 2.05) is 0 Å². The zero-order chi connectivity index (χ0) is 11.3. The van der Waals surface area contributed by atoms with Gasteiger partial charge in [-0.25, -0.2) is 8.42 Å². The van der Waals surface area contributed by atoms with Gasteiger partial charge in [-0.1, -0.05) is 18.2 Å². The Balaban J connectivity index is 2.81. The van der Waals surface area contributed by atoms with Crippen LogP contribution in [0.3, 0.4) is 0 Å². The van der Waals surface area contributed by atoms with Crippen LogP contribution in [0.2, 0.25) is 0 Å². The van der Waals surface area contributed by atoms with Crippen molar-refractivity contribution >= 4 is 17.9 Å². The van der Waals surface area contributed by atoms with Crippen molar-refractivity contribution in [2.45, 2.75) is 11.8 Å². The molecule has 1 atom stereocenters. The zero-order valence-corrected chi connectivity index (χ0v) is 10.0. The second-order valence-corrected chi connectivity index (χ2v) is 6.46. The topological polar surface area (TPSA) is 60.4 Å². The van der Waals surface area contributed by atoms with Gasteiger partial charge >= 0.3 is 8.03 Å². The lowest BCUT2D eigenvalue weighted by atomic mass is 10.4. The molecular weight excluding hydrogens is 235 g/mol. The highest BCUT2D eigenvalue weighted by Gasteiger charge is 2.29. The fourth-order valence-corrected chi connectivity index (χ4v) is 3.89. The Hall–Kier alpha value is -0.770. The van der Waals surface area contributed by atoms with Crippen molar-refractivity contribution < 1.29 is 17.5 Å². The predicted molar refractivity (Wildman–Crippen MR) is 57.7 cm³/mol. The van der Waals surface area contributed by atoms with Crippen LogP contribution in [-0.4, -0.2) is 20.5 Å². The first kappa shape index (κ1) is 12.3. The normalized spacial score (nSPS) is 12.5. The minimum atomic E-state index is -3.49. The van der Waals surface area contributed by atoms with Gasteiger partial charge < -0.3 is 0 Å². The Morgan fingerprint density at radius 2 is 1.87 bits per heavy atom. The van der Waals surface area contributed by atoms with Crippen molar-refractivity contribution in [2.24, 2.45) is 0 Å². The monoisotopic (exact) mass is 247 g/mol. The van der Waals surface area contributed by atoms with Crippen LogP contribution in [0.1, 0.15) is 6.92 Å². The highest BCUT2D eigenvalue weighted by Crippen LogP contribution is 2.27. The van der Waals surface area contributed by atoms with Gasteiger partial charge in [0.15, 0.2) is 0 Å². The third-order valence-electron chi connectivity index (χ3n) is 1.65. The molecule has 4 nitrogen and oxygen atoms in total. The first-order valence-electron chi connectivity index (χ1n) is 4.41. The molecule has 0 aliphatic carbocycles. The molecule has 0 fully saturated rings. The minimum Gasteiger partial charge on any atom is -0.219 e. The van der Waals surface area contributed by atoms with Gasteiger partial charge in [0.05, 0.1) is 11.5 Å². The molecule has 0 saturated carbocycles. The van der Waals surface area contributed by atoms with E-state index in [4.69, 9.17) is 4.52 Å². The van der Waals surface area contributed by atoms with E-state index >= 15 is 0 Å². The summed E-state index contributed by atoms with van der Waals surface area (Å²) < 4.78 is 39.2. The maximum absolute atomic E-state index is 11.7. The van der Waals surface area contributed by atoms with Gasteiger partial charge in [-0.3, -0.25) is 0 Å². The van der Waals surface area contributed by atoms with E-state index in [1.165, 1.54) is 12.1 Å². The highest BCUT2D eigenvalue weighted by atomic mass is 32.2. The molecule has 1 aromatic carbocycles. The van der Waals surface area contributed by atoms with Crippen molar-refractivity contribution in [3.05, 3.63) is 30.3 Å². The summed E-state index contributed by atoms with van der Waals surface area (Å²) in [6.07, 6.45) is 0. The van der Waals surface area contributed by atoms with Crippen molar-refractivity contribution in [2.75, 3.05) is 12.1 Å². The molecule has 0 bridgehead atoms. The molecule has 0 amide bonds. The molecule has 1 rings (SSSR count). The highest BCUT2D eigenvalue weighted by molar-refractivity contribution is 7.96. The van der Waals surface area contributed by atoms with Gasteiger partial charge in [0.1, 0.15) is 0 Å². The summed E-state index contributed by atoms with van der Waals surface area (Å²) in [7, 11) is -5.62. The van der Waals surface area contributed by atoms with Crippen molar-refractivity contribution in [3.63, 3.8) is 0 Å². The molecular formula is C9H12O4PS+. The number of hydrogen-bond acceptors (Lipinski definition) is 4. The molecule has 0 aliphatic rings. The average Bonchev–Trinajstić information content (AvgIpc) is 2.18. The van der Waals surface area contributed by atoms with Crippen LogP contribution in [0.15, 0.2) is 35.2 Å². The van der Waals surface area contributed by atoms with E-state index in [2.05, 4.69) is 0 Å². The Bertz CT molecular complexity index is 427. The predicted octanol–water partition coefficient (Wildman–Crippen LogP) is 2.20. The number of benzene rings is 1. The second-order valence-electron chi connectivity index (χ2n) is 2.81. The smallest absolute Gasteiger partial charge is 0.219 e. The lowest BCUT2D eigenvalue weighted by Crippen LogP contribution is -2.04. The van der Waals surface area contributed by atoms with Gasteiger partial charge in [-0.15, -0.1) is 4.52 Å². The summed E-state index contributed by atoms with van der Waals surface area (Å²) in [4.78, 5) is 0.174. The fraction of sp³-hybridized carbons (Fsp3) is 0.333. The summed E-state index contributed by atoms with van der Waals surface area (Å²) >= 11 is 0. The van der Waals surface area contributed by atoms with Crippen LogP contribution in [0.4, 0.5) is 0 Å². The Kier molecular flexibility index (Phi) is 4.39. The van der Waals surface area contributed by atoms with E-state index in [9.17, 15) is 13.0 Å². The third-order valence-corrected chi connectivity index (χ3v) is 5.39. The molecule has 6 heteroatoms. The van der Waals surface area contributed by atoms with Crippen LogP contribution in [0, 0.1) is 0 Å². The first-order chi connectivity index (χ1) is 7.06. The maximum Gasteiger partial charge on any atom is 0.524 e. The first-order valence-corrected chi connectivity index (χ1v) is 7.43. The Morgan fingerprint density at radius 1 is 1.27 bits per heavy atom. The van der Waals surface area contributed by atoms with Crippen molar-refractivity contribution in [1.29, 1.82) is 0 Å². The molecule has 0 aromatic heterocycles. The van der Waals surface area contributed by atoms with Crippen LogP contribution >= 0.6 is 8.03 Å². The Labute approximate surface area is 90.1 Å². The fourth-order valence-electron chi connectivity index (χ4n) is 1.02. The number of sulfone groups is 1. The van der Waals surface area contributed by atoms with Gasteiger partial charge in [0, 0.05) is 0 Å². The average molecular weight is 247 g/mol. The van der Waals surface area contributed by atoms with Gasteiger partial charge in [0.25, 0.3) is 5.49 Å². The van der Waals surface area contributed by atoms with Gasteiger partial charge in [-0.2, -0.15) is 0 Å². The molecule has 82 valence electrons. The van der Waals surface area contributed by atoms with Crippen LogP contribution in [0.25, 0.3) is 0 Å². The molecule has 0 spiro atoms. The quantitative estimate of drug-likeness (QED) is 0.748. The number of rotatable bonds is 5. The summed E-state index contributed by atoms with van der Waals surface area (Å²) in [5.41, 5.74) is -0.458. The van der Waals surface area contributed by atoms with Crippen LogP contribution in [-0.2, 0) is 18.9 Å². The zero-order valence-electron chi connectivity index (χ0n) is 8.29. The summed E-state index contributed by atoms with van der Waals surface area (Å²) in [5, 5.41) is 0. The molecule has 15 heavy (non-hydrogen) atoms. The largest absolute Gasteiger partial charge is 0.524 e. The van der Waals surface area contributed by atoms with Crippen LogP contribution in [0.5, 0.6) is 0 Å². The van der Waals surface area contributed by atoms with E-state index in [0.29, 0.717) is 0 Å². The molecule has 0 saturated heterocycles. The standard InChI is InChI=1S/C9H12O4PS/c1-2-13-14(10)8-15(11,12)9-6-4-3-5-7-9/h3-7H,2,8H2,1H3/q+1. The molecule has 1 unspecified atom stereocenters. The third kappa shape index (κ3) is 3.70. The minimum absolute atomic E-state index is 0.174. The van der Waals surface area contributed by atoms with Crippen molar-refractivity contribution in [3.8, 4) is 0 Å². The lowest BCUT2D eigenvalue weighted by molar-refractivity contribution is 0.353. The van der Waals surface area contributed by atoms with E-state index in [0.717, 1.165) is 0 Å². The molecule has 0 radical (unpaired) electrons.